The topological polar surface area (TPSA) is 52.6 Å². The number of ether oxygens (including phenoxy) is 2. The molecule has 0 spiro atoms. The zero-order valence-electron chi connectivity index (χ0n) is 10.3. The van der Waals surface area contributed by atoms with Crippen molar-refractivity contribution in [2.45, 2.75) is 26.2 Å². The molecular weight excluding hydrogens is 220 g/mol. The predicted molar refractivity (Wildman–Crippen MR) is 65.3 cm³/mol. The van der Waals surface area contributed by atoms with Gasteiger partial charge in [0.15, 0.2) is 0 Å². The van der Waals surface area contributed by atoms with Gasteiger partial charge in [0.05, 0.1) is 13.2 Å². The third-order valence-corrected chi connectivity index (χ3v) is 2.45. The molecular formula is C13H20O4. The van der Waals surface area contributed by atoms with E-state index < -0.39 is 11.9 Å². The maximum atomic E-state index is 10.8. The van der Waals surface area contributed by atoms with Crippen LogP contribution in [-0.4, -0.2) is 25.2 Å². The van der Waals surface area contributed by atoms with Gasteiger partial charge in [0.25, 0.3) is 0 Å². The zero-order chi connectivity index (χ0) is 13.1. The third-order valence-electron chi connectivity index (χ3n) is 2.45. The van der Waals surface area contributed by atoms with Gasteiger partial charge in [-0.25, -0.2) is 9.59 Å². The molecule has 0 aliphatic carbocycles. The van der Waals surface area contributed by atoms with Gasteiger partial charge in [0.2, 0.25) is 0 Å². The Morgan fingerprint density at radius 2 is 1.47 bits per heavy atom. The van der Waals surface area contributed by atoms with E-state index in [1.807, 2.05) is 0 Å². The maximum Gasteiger partial charge on any atom is 0.330 e. The Morgan fingerprint density at radius 3 is 1.76 bits per heavy atom. The lowest BCUT2D eigenvalue weighted by Gasteiger charge is -2.14. The van der Waals surface area contributed by atoms with E-state index >= 15 is 0 Å². The van der Waals surface area contributed by atoms with Crippen LogP contribution >= 0.6 is 0 Å². The minimum atomic E-state index is -0.405. The monoisotopic (exact) mass is 240 g/mol. The summed E-state index contributed by atoms with van der Waals surface area (Å²) in [5, 5.41) is 0. The summed E-state index contributed by atoms with van der Waals surface area (Å²) in [5.74, 6) is -0.430. The molecule has 0 saturated carbocycles. The van der Waals surface area contributed by atoms with Crippen molar-refractivity contribution in [3.8, 4) is 0 Å². The van der Waals surface area contributed by atoms with E-state index in [1.165, 1.54) is 0 Å². The van der Waals surface area contributed by atoms with E-state index in [1.54, 1.807) is 0 Å². The Morgan fingerprint density at radius 1 is 1.06 bits per heavy atom. The second-order valence-corrected chi connectivity index (χ2v) is 3.59. The summed E-state index contributed by atoms with van der Waals surface area (Å²) in [4.78, 5) is 21.6. The van der Waals surface area contributed by atoms with Crippen molar-refractivity contribution in [3.05, 3.63) is 25.3 Å². The summed E-state index contributed by atoms with van der Waals surface area (Å²) >= 11 is 0. The number of carbonyl (C=O) groups is 2. The highest BCUT2D eigenvalue weighted by atomic mass is 16.5. The fraction of sp³-hybridized carbons (Fsp3) is 0.538. The van der Waals surface area contributed by atoms with Gasteiger partial charge in [-0.05, 0) is 18.8 Å². The van der Waals surface area contributed by atoms with E-state index in [9.17, 15) is 9.59 Å². The second kappa shape index (κ2) is 9.63. The van der Waals surface area contributed by atoms with Gasteiger partial charge in [-0.1, -0.05) is 26.5 Å². The van der Waals surface area contributed by atoms with Crippen LogP contribution in [0.3, 0.4) is 0 Å². The smallest absolute Gasteiger partial charge is 0.330 e. The minimum absolute atomic E-state index is 0.374. The molecule has 0 atom stereocenters. The molecule has 0 radical (unpaired) electrons. The van der Waals surface area contributed by atoms with Gasteiger partial charge in [0, 0.05) is 12.2 Å². The summed E-state index contributed by atoms with van der Waals surface area (Å²) in [6, 6.07) is 0. The Balaban J connectivity index is 3.69. The summed E-state index contributed by atoms with van der Waals surface area (Å²) < 4.78 is 9.78. The normalized spacial score (nSPS) is 9.76. The van der Waals surface area contributed by atoms with Crippen LogP contribution in [0.5, 0.6) is 0 Å². The van der Waals surface area contributed by atoms with Crippen LogP contribution in [0.2, 0.25) is 0 Å². The summed E-state index contributed by atoms with van der Waals surface area (Å²) in [6.07, 6.45) is 4.78. The lowest BCUT2D eigenvalue weighted by molar-refractivity contribution is -0.138. The van der Waals surface area contributed by atoms with Crippen LogP contribution in [0.15, 0.2) is 25.3 Å². The fourth-order valence-electron chi connectivity index (χ4n) is 1.32. The van der Waals surface area contributed by atoms with Crippen molar-refractivity contribution in [2.24, 2.45) is 5.92 Å². The Kier molecular flexibility index (Phi) is 8.74. The molecule has 0 bridgehead atoms. The Bertz CT molecular complexity index is 245. The molecule has 0 fully saturated rings. The molecule has 0 aromatic rings. The number of carbonyl (C=O) groups excluding carboxylic acids is 2. The Labute approximate surface area is 102 Å². The molecule has 4 nitrogen and oxygen atoms in total. The molecule has 0 aliphatic rings. The van der Waals surface area contributed by atoms with Crippen LogP contribution < -0.4 is 0 Å². The SMILES string of the molecule is C=CC(=O)OCCC(CC)CCOC(=O)C=C. The number of hydrogen-bond donors (Lipinski definition) is 0. The molecule has 0 rings (SSSR count). The zero-order valence-corrected chi connectivity index (χ0v) is 10.3. The quantitative estimate of drug-likeness (QED) is 0.458. The first-order valence-corrected chi connectivity index (χ1v) is 5.72. The minimum Gasteiger partial charge on any atom is -0.463 e. The van der Waals surface area contributed by atoms with Gasteiger partial charge in [-0.15, -0.1) is 0 Å². The van der Waals surface area contributed by atoms with Gasteiger partial charge in [-0.2, -0.15) is 0 Å². The number of rotatable bonds is 9. The highest BCUT2D eigenvalue weighted by molar-refractivity contribution is 5.81. The van der Waals surface area contributed by atoms with E-state index in [2.05, 4.69) is 20.1 Å². The molecule has 0 unspecified atom stereocenters. The largest absolute Gasteiger partial charge is 0.463 e. The van der Waals surface area contributed by atoms with Crippen LogP contribution in [0.1, 0.15) is 26.2 Å². The van der Waals surface area contributed by atoms with Crippen molar-refractivity contribution >= 4 is 11.9 Å². The molecule has 0 aromatic carbocycles. The lowest BCUT2D eigenvalue weighted by atomic mass is 9.99. The fourth-order valence-corrected chi connectivity index (χ4v) is 1.32. The summed E-state index contributed by atoms with van der Waals surface area (Å²) in [7, 11) is 0. The standard InChI is InChI=1S/C13H20O4/c1-4-11(7-9-16-12(14)5-2)8-10-17-13(15)6-3/h5-6,11H,2-4,7-10H2,1H3. The molecule has 0 aromatic heterocycles. The van der Waals surface area contributed by atoms with E-state index in [4.69, 9.17) is 9.47 Å². The third kappa shape index (κ3) is 8.25. The van der Waals surface area contributed by atoms with Gasteiger partial charge >= 0.3 is 11.9 Å². The summed E-state index contributed by atoms with van der Waals surface area (Å²) in [6.45, 7) is 9.43. The van der Waals surface area contributed by atoms with E-state index in [0.29, 0.717) is 19.1 Å². The van der Waals surface area contributed by atoms with Crippen molar-refractivity contribution in [1.82, 2.24) is 0 Å². The first-order chi connectivity index (χ1) is 8.13. The molecule has 96 valence electrons. The van der Waals surface area contributed by atoms with Gasteiger partial charge in [0.1, 0.15) is 0 Å². The van der Waals surface area contributed by atoms with Gasteiger partial charge in [-0.3, -0.25) is 0 Å². The Hall–Kier alpha value is -1.58. The molecule has 17 heavy (non-hydrogen) atoms. The van der Waals surface area contributed by atoms with E-state index in [-0.39, 0.29) is 0 Å². The second-order valence-electron chi connectivity index (χ2n) is 3.59. The molecule has 0 saturated heterocycles. The van der Waals surface area contributed by atoms with Crippen LogP contribution in [0.4, 0.5) is 0 Å². The highest BCUT2D eigenvalue weighted by Gasteiger charge is 2.08. The van der Waals surface area contributed by atoms with Crippen LogP contribution in [0, 0.1) is 5.92 Å². The lowest BCUT2D eigenvalue weighted by Crippen LogP contribution is -2.11. The molecule has 0 aliphatic heterocycles. The highest BCUT2D eigenvalue weighted by Crippen LogP contribution is 2.13. The van der Waals surface area contributed by atoms with Gasteiger partial charge < -0.3 is 9.47 Å². The van der Waals surface area contributed by atoms with Crippen LogP contribution in [-0.2, 0) is 19.1 Å². The van der Waals surface area contributed by atoms with Crippen molar-refractivity contribution in [1.29, 1.82) is 0 Å². The predicted octanol–water partition coefficient (Wildman–Crippen LogP) is 2.25. The molecule has 4 heteroatoms. The van der Waals surface area contributed by atoms with Crippen molar-refractivity contribution in [3.63, 3.8) is 0 Å². The number of esters is 2. The van der Waals surface area contributed by atoms with Crippen molar-refractivity contribution < 1.29 is 19.1 Å². The molecule has 0 heterocycles. The number of hydrogen-bond acceptors (Lipinski definition) is 4. The molecule has 0 N–H and O–H groups in total. The maximum absolute atomic E-state index is 10.8. The molecule has 0 amide bonds. The van der Waals surface area contributed by atoms with E-state index in [0.717, 1.165) is 31.4 Å². The summed E-state index contributed by atoms with van der Waals surface area (Å²) in [5.41, 5.74) is 0. The first-order valence-electron chi connectivity index (χ1n) is 5.72. The first kappa shape index (κ1) is 15.4. The van der Waals surface area contributed by atoms with Crippen LogP contribution in [0.25, 0.3) is 0 Å². The average molecular weight is 240 g/mol. The average Bonchev–Trinajstić information content (AvgIpc) is 2.36. The van der Waals surface area contributed by atoms with Crippen molar-refractivity contribution in [2.75, 3.05) is 13.2 Å².